The fourth-order valence-electron chi connectivity index (χ4n) is 4.69. The number of ether oxygens (including phenoxy) is 3. The Kier molecular flexibility index (Phi) is 6.96. The van der Waals surface area contributed by atoms with Gasteiger partial charge in [0.2, 0.25) is 0 Å². The summed E-state index contributed by atoms with van der Waals surface area (Å²) in [6.45, 7) is 3.08. The molecule has 4 heteroatoms. The summed E-state index contributed by atoms with van der Waals surface area (Å²) < 4.78 is 17.6. The summed E-state index contributed by atoms with van der Waals surface area (Å²) in [7, 11) is 0. The van der Waals surface area contributed by atoms with Crippen LogP contribution in [-0.4, -0.2) is 31.1 Å². The average molecular weight is 338 g/mol. The highest BCUT2D eigenvalue weighted by molar-refractivity contribution is 5.72. The second kappa shape index (κ2) is 9.19. The van der Waals surface area contributed by atoms with Crippen molar-refractivity contribution < 1.29 is 19.0 Å². The van der Waals surface area contributed by atoms with Gasteiger partial charge in [0.25, 0.3) is 0 Å². The van der Waals surface area contributed by atoms with E-state index in [-0.39, 0.29) is 24.5 Å². The van der Waals surface area contributed by atoms with Crippen LogP contribution in [0.3, 0.4) is 0 Å². The molecule has 24 heavy (non-hydrogen) atoms. The number of hydrogen-bond donors (Lipinski definition) is 0. The number of hydrogen-bond acceptors (Lipinski definition) is 4. The van der Waals surface area contributed by atoms with Crippen LogP contribution in [0.1, 0.15) is 84.0 Å². The molecule has 4 nitrogen and oxygen atoms in total. The van der Waals surface area contributed by atoms with Crippen LogP contribution in [-0.2, 0) is 19.0 Å². The van der Waals surface area contributed by atoms with E-state index in [1.165, 1.54) is 51.4 Å². The van der Waals surface area contributed by atoms with Crippen molar-refractivity contribution in [2.45, 2.75) is 102 Å². The smallest absolute Gasteiger partial charge is 0.306 e. The van der Waals surface area contributed by atoms with E-state index < -0.39 is 0 Å². The number of esters is 1. The Hall–Kier alpha value is -0.610. The molecule has 2 heterocycles. The maximum atomic E-state index is 11.7. The van der Waals surface area contributed by atoms with Crippen molar-refractivity contribution in [2.24, 2.45) is 11.8 Å². The standard InChI is InChI=1S/C20H34O4/c1-2-3-4-5-6-7-10-15-16-13-19(21)23-18(16)14-17(15)24-20-11-8-9-12-22-20/h15-18,20H,2-14H2,1H3. The monoisotopic (exact) mass is 338 g/mol. The summed E-state index contributed by atoms with van der Waals surface area (Å²) in [6, 6.07) is 0. The SMILES string of the molecule is CCCCCCCCC1C(OC2CCCCO2)CC2OC(=O)CC21. The van der Waals surface area contributed by atoms with Crippen LogP contribution in [0.2, 0.25) is 0 Å². The minimum Gasteiger partial charge on any atom is -0.462 e. The van der Waals surface area contributed by atoms with Gasteiger partial charge in [0, 0.05) is 18.9 Å². The Morgan fingerprint density at radius 2 is 1.96 bits per heavy atom. The first-order valence-electron chi connectivity index (χ1n) is 10.2. The third-order valence-electron chi connectivity index (χ3n) is 6.01. The Labute approximate surface area is 146 Å². The molecule has 0 aromatic carbocycles. The number of carbonyl (C=O) groups is 1. The van der Waals surface area contributed by atoms with Gasteiger partial charge in [0.05, 0.1) is 12.5 Å². The predicted octanol–water partition coefficient (Wildman–Crippen LogP) is 4.60. The zero-order valence-electron chi connectivity index (χ0n) is 15.2. The maximum absolute atomic E-state index is 11.7. The first-order valence-corrected chi connectivity index (χ1v) is 10.2. The van der Waals surface area contributed by atoms with Gasteiger partial charge in [-0.15, -0.1) is 0 Å². The van der Waals surface area contributed by atoms with Crippen molar-refractivity contribution >= 4 is 5.97 Å². The minimum absolute atomic E-state index is 0.00897. The van der Waals surface area contributed by atoms with E-state index in [1.807, 2.05) is 0 Å². The first kappa shape index (κ1) is 18.2. The van der Waals surface area contributed by atoms with E-state index in [9.17, 15) is 4.79 Å². The molecular formula is C20H34O4. The van der Waals surface area contributed by atoms with E-state index in [0.29, 0.717) is 18.3 Å². The molecular weight excluding hydrogens is 304 g/mol. The first-order chi connectivity index (χ1) is 11.8. The molecule has 0 aromatic heterocycles. The molecule has 0 radical (unpaired) electrons. The average Bonchev–Trinajstić information content (AvgIpc) is 3.08. The number of fused-ring (bicyclic) bond motifs is 1. The molecule has 5 unspecified atom stereocenters. The Bertz CT molecular complexity index is 391. The molecule has 138 valence electrons. The Balaban J connectivity index is 1.48. The van der Waals surface area contributed by atoms with Crippen LogP contribution in [0.4, 0.5) is 0 Å². The largest absolute Gasteiger partial charge is 0.462 e. The van der Waals surface area contributed by atoms with Crippen LogP contribution >= 0.6 is 0 Å². The van der Waals surface area contributed by atoms with Crippen LogP contribution in [0.15, 0.2) is 0 Å². The predicted molar refractivity (Wildman–Crippen MR) is 92.6 cm³/mol. The van der Waals surface area contributed by atoms with Gasteiger partial charge in [-0.2, -0.15) is 0 Å². The third-order valence-corrected chi connectivity index (χ3v) is 6.01. The fraction of sp³-hybridized carbons (Fsp3) is 0.950. The van der Waals surface area contributed by atoms with Crippen molar-refractivity contribution in [3.8, 4) is 0 Å². The highest BCUT2D eigenvalue weighted by Crippen LogP contribution is 2.45. The second-order valence-corrected chi connectivity index (χ2v) is 7.82. The molecule has 0 amide bonds. The summed E-state index contributed by atoms with van der Waals surface area (Å²) >= 11 is 0. The lowest BCUT2D eigenvalue weighted by Gasteiger charge is -2.30. The van der Waals surface area contributed by atoms with E-state index in [4.69, 9.17) is 14.2 Å². The second-order valence-electron chi connectivity index (χ2n) is 7.82. The van der Waals surface area contributed by atoms with Crippen LogP contribution in [0, 0.1) is 11.8 Å². The molecule has 1 saturated carbocycles. The van der Waals surface area contributed by atoms with Gasteiger partial charge in [-0.3, -0.25) is 4.79 Å². The van der Waals surface area contributed by atoms with Crippen molar-refractivity contribution in [1.82, 2.24) is 0 Å². The van der Waals surface area contributed by atoms with Crippen LogP contribution in [0.25, 0.3) is 0 Å². The molecule has 1 aliphatic carbocycles. The van der Waals surface area contributed by atoms with Crippen molar-refractivity contribution in [3.05, 3.63) is 0 Å². The molecule has 0 bridgehead atoms. The van der Waals surface area contributed by atoms with Crippen LogP contribution in [0.5, 0.6) is 0 Å². The van der Waals surface area contributed by atoms with E-state index >= 15 is 0 Å². The van der Waals surface area contributed by atoms with Crippen molar-refractivity contribution in [3.63, 3.8) is 0 Å². The van der Waals surface area contributed by atoms with Gasteiger partial charge >= 0.3 is 5.97 Å². The quantitative estimate of drug-likeness (QED) is 0.455. The lowest BCUT2D eigenvalue weighted by Crippen LogP contribution is -2.31. The zero-order valence-corrected chi connectivity index (χ0v) is 15.2. The molecule has 2 saturated heterocycles. The lowest BCUT2D eigenvalue weighted by molar-refractivity contribution is -0.197. The number of carbonyl (C=O) groups excluding carboxylic acids is 1. The van der Waals surface area contributed by atoms with Crippen molar-refractivity contribution in [2.75, 3.05) is 6.61 Å². The molecule has 3 aliphatic rings. The topological polar surface area (TPSA) is 44.8 Å². The van der Waals surface area contributed by atoms with Gasteiger partial charge in [-0.05, 0) is 31.6 Å². The third kappa shape index (κ3) is 4.72. The molecule has 2 aliphatic heterocycles. The van der Waals surface area contributed by atoms with Gasteiger partial charge in [-0.25, -0.2) is 0 Å². The van der Waals surface area contributed by atoms with Gasteiger partial charge < -0.3 is 14.2 Å². The van der Waals surface area contributed by atoms with Crippen molar-refractivity contribution in [1.29, 1.82) is 0 Å². The zero-order chi connectivity index (χ0) is 16.8. The number of rotatable bonds is 9. The van der Waals surface area contributed by atoms with Gasteiger partial charge in [0.1, 0.15) is 6.10 Å². The summed E-state index contributed by atoms with van der Waals surface area (Å²) in [5.41, 5.74) is 0. The molecule has 5 atom stereocenters. The fourth-order valence-corrected chi connectivity index (χ4v) is 4.69. The molecule has 0 N–H and O–H groups in total. The highest BCUT2D eigenvalue weighted by atomic mass is 16.7. The molecule has 0 spiro atoms. The summed E-state index contributed by atoms with van der Waals surface area (Å²) in [5, 5.41) is 0. The lowest BCUT2D eigenvalue weighted by atomic mass is 9.87. The number of unbranched alkanes of at least 4 members (excludes halogenated alkanes) is 5. The maximum Gasteiger partial charge on any atom is 0.306 e. The Morgan fingerprint density at radius 1 is 1.12 bits per heavy atom. The summed E-state index contributed by atoms with van der Waals surface area (Å²) in [4.78, 5) is 11.7. The minimum atomic E-state index is -0.0367. The van der Waals surface area contributed by atoms with Gasteiger partial charge in [-0.1, -0.05) is 45.4 Å². The molecule has 0 aromatic rings. The van der Waals surface area contributed by atoms with Gasteiger partial charge in [0.15, 0.2) is 6.29 Å². The normalized spacial score (nSPS) is 35.9. The van der Waals surface area contributed by atoms with E-state index in [1.54, 1.807) is 0 Å². The molecule has 3 rings (SSSR count). The summed E-state index contributed by atoms with van der Waals surface area (Å²) in [5.74, 6) is 0.838. The molecule has 3 fully saturated rings. The summed E-state index contributed by atoms with van der Waals surface area (Å²) in [6.07, 6.45) is 14.1. The highest BCUT2D eigenvalue weighted by Gasteiger charge is 2.50. The van der Waals surface area contributed by atoms with E-state index in [2.05, 4.69) is 6.92 Å². The van der Waals surface area contributed by atoms with E-state index in [0.717, 1.165) is 25.9 Å². The Morgan fingerprint density at radius 3 is 2.75 bits per heavy atom. The van der Waals surface area contributed by atoms with Crippen LogP contribution < -0.4 is 0 Å².